The molecule has 0 saturated carbocycles. The van der Waals surface area contributed by atoms with Crippen LogP contribution < -0.4 is 10.2 Å². The third-order valence-electron chi connectivity index (χ3n) is 4.57. The molecule has 0 unspecified atom stereocenters. The molecule has 13 heteroatoms. The Bertz CT molecular complexity index is 993. The van der Waals surface area contributed by atoms with Crippen LogP contribution in [0.15, 0.2) is 34.2 Å². The van der Waals surface area contributed by atoms with E-state index in [-0.39, 0.29) is 17.2 Å². The summed E-state index contributed by atoms with van der Waals surface area (Å²) in [5.41, 5.74) is -1.49. The standard InChI is InChI=1S/C21H25BrF3N3O5S/c1-11(29)16(12-5-7-13(8-6-12)21(23,24)25)14(27-18(30)31)10-28(17-26-9-15(22)34-17)19(32)33-20(2,3)4/h5-9,11,14,16,27,29H,10H2,1-4H3,(H,30,31)/t11-,14+,16+/m0/s1. The molecule has 2 amide bonds. The molecule has 0 bridgehead atoms. The fourth-order valence-corrected chi connectivity index (χ4v) is 4.45. The zero-order valence-corrected chi connectivity index (χ0v) is 21.2. The van der Waals surface area contributed by atoms with Gasteiger partial charge in [-0.3, -0.25) is 4.90 Å². The van der Waals surface area contributed by atoms with Crippen LogP contribution in [-0.4, -0.2) is 51.7 Å². The fraction of sp³-hybridized carbons (Fsp3) is 0.476. The number of carbonyl (C=O) groups excluding carboxylic acids is 1. The molecular formula is C21H25BrF3N3O5S. The van der Waals surface area contributed by atoms with Gasteiger partial charge in [0.05, 0.1) is 34.2 Å². The van der Waals surface area contributed by atoms with E-state index in [0.717, 1.165) is 28.4 Å². The van der Waals surface area contributed by atoms with Gasteiger partial charge >= 0.3 is 18.4 Å². The molecule has 0 saturated heterocycles. The van der Waals surface area contributed by atoms with Gasteiger partial charge in [-0.1, -0.05) is 23.5 Å². The number of amides is 2. The minimum atomic E-state index is -4.55. The van der Waals surface area contributed by atoms with E-state index in [1.165, 1.54) is 25.3 Å². The highest BCUT2D eigenvalue weighted by atomic mass is 79.9. The Morgan fingerprint density at radius 3 is 2.24 bits per heavy atom. The van der Waals surface area contributed by atoms with Crippen LogP contribution in [0.25, 0.3) is 0 Å². The van der Waals surface area contributed by atoms with Crippen molar-refractivity contribution in [2.45, 2.75) is 57.5 Å². The molecule has 0 fully saturated rings. The number of nitrogens with zero attached hydrogens (tertiary/aromatic N) is 2. The highest BCUT2D eigenvalue weighted by Crippen LogP contribution is 2.33. The molecule has 1 aromatic carbocycles. The van der Waals surface area contributed by atoms with Crippen molar-refractivity contribution in [3.05, 3.63) is 45.4 Å². The van der Waals surface area contributed by atoms with Gasteiger partial charge in [0, 0.05) is 5.92 Å². The molecule has 0 aliphatic heterocycles. The van der Waals surface area contributed by atoms with Gasteiger partial charge in [-0.25, -0.2) is 14.6 Å². The number of benzene rings is 1. The van der Waals surface area contributed by atoms with E-state index < -0.39 is 47.6 Å². The normalized spacial score (nSPS) is 14.7. The minimum absolute atomic E-state index is 0.204. The van der Waals surface area contributed by atoms with E-state index in [0.29, 0.717) is 3.79 Å². The van der Waals surface area contributed by atoms with Crippen LogP contribution in [-0.2, 0) is 10.9 Å². The second-order valence-corrected chi connectivity index (χ2v) is 10.9. The first-order chi connectivity index (χ1) is 15.6. The number of anilines is 1. The molecule has 0 radical (unpaired) electrons. The van der Waals surface area contributed by atoms with Gasteiger partial charge in [0.15, 0.2) is 5.13 Å². The summed E-state index contributed by atoms with van der Waals surface area (Å²) >= 11 is 4.36. The Hall–Kier alpha value is -2.38. The maximum Gasteiger partial charge on any atom is 0.416 e. The van der Waals surface area contributed by atoms with Crippen LogP contribution in [0.3, 0.4) is 0 Å². The number of aromatic nitrogens is 1. The molecule has 3 N–H and O–H groups in total. The number of halogens is 4. The average molecular weight is 568 g/mol. The molecular weight excluding hydrogens is 543 g/mol. The molecule has 0 aliphatic rings. The lowest BCUT2D eigenvalue weighted by atomic mass is 9.86. The Morgan fingerprint density at radius 2 is 1.82 bits per heavy atom. The van der Waals surface area contributed by atoms with Crippen molar-refractivity contribution in [1.29, 1.82) is 0 Å². The highest BCUT2D eigenvalue weighted by Gasteiger charge is 2.36. The molecule has 1 heterocycles. The molecule has 0 spiro atoms. The van der Waals surface area contributed by atoms with Gasteiger partial charge < -0.3 is 20.3 Å². The third kappa shape index (κ3) is 7.84. The van der Waals surface area contributed by atoms with E-state index in [4.69, 9.17) is 4.74 Å². The van der Waals surface area contributed by atoms with E-state index in [9.17, 15) is 33.0 Å². The van der Waals surface area contributed by atoms with Crippen LogP contribution in [0.4, 0.5) is 27.9 Å². The Labute approximate surface area is 206 Å². The fourth-order valence-electron chi connectivity index (χ4n) is 3.26. The Kier molecular flexibility index (Phi) is 8.94. The summed E-state index contributed by atoms with van der Waals surface area (Å²) in [5, 5.41) is 22.4. The van der Waals surface area contributed by atoms with Crippen molar-refractivity contribution >= 4 is 44.6 Å². The number of nitrogens with one attached hydrogen (secondary N) is 1. The molecule has 3 atom stereocenters. The number of hydrogen-bond acceptors (Lipinski definition) is 6. The number of carboxylic acid groups (broad SMARTS) is 1. The smallest absolute Gasteiger partial charge is 0.416 e. The van der Waals surface area contributed by atoms with Crippen molar-refractivity contribution < 1.29 is 37.7 Å². The van der Waals surface area contributed by atoms with Gasteiger partial charge in [-0.15, -0.1) is 0 Å². The van der Waals surface area contributed by atoms with E-state index >= 15 is 0 Å². The van der Waals surface area contributed by atoms with Crippen molar-refractivity contribution in [1.82, 2.24) is 10.3 Å². The predicted octanol–water partition coefficient (Wildman–Crippen LogP) is 5.47. The summed E-state index contributed by atoms with van der Waals surface area (Å²) in [6, 6.07) is 2.94. The van der Waals surface area contributed by atoms with E-state index in [1.54, 1.807) is 20.8 Å². The predicted molar refractivity (Wildman–Crippen MR) is 124 cm³/mol. The summed E-state index contributed by atoms with van der Waals surface area (Å²) in [5.74, 6) is -0.994. The van der Waals surface area contributed by atoms with Crippen LogP contribution >= 0.6 is 27.3 Å². The maximum atomic E-state index is 13.0. The first-order valence-electron chi connectivity index (χ1n) is 10.0. The monoisotopic (exact) mass is 567 g/mol. The van der Waals surface area contributed by atoms with Crippen molar-refractivity contribution in [2.24, 2.45) is 0 Å². The summed E-state index contributed by atoms with van der Waals surface area (Å²) in [6.45, 7) is 6.06. The lowest BCUT2D eigenvalue weighted by molar-refractivity contribution is -0.137. The summed E-state index contributed by atoms with van der Waals surface area (Å²) < 4.78 is 45.0. The van der Waals surface area contributed by atoms with Crippen LogP contribution in [0.1, 0.15) is 44.7 Å². The highest BCUT2D eigenvalue weighted by molar-refractivity contribution is 9.11. The number of alkyl halides is 3. The molecule has 2 aromatic rings. The number of carbonyl (C=O) groups is 2. The molecule has 8 nitrogen and oxygen atoms in total. The second-order valence-electron chi connectivity index (χ2n) is 8.48. The van der Waals surface area contributed by atoms with Crippen LogP contribution in [0.5, 0.6) is 0 Å². The summed E-state index contributed by atoms with van der Waals surface area (Å²) in [7, 11) is 0. The number of rotatable bonds is 7. The van der Waals surface area contributed by atoms with Gasteiger partial charge in [0.2, 0.25) is 0 Å². The van der Waals surface area contributed by atoms with Crippen molar-refractivity contribution in [2.75, 3.05) is 11.4 Å². The maximum absolute atomic E-state index is 13.0. The Balaban J connectivity index is 2.48. The number of aliphatic hydroxyl groups excluding tert-OH is 1. The number of thiazole rings is 1. The zero-order valence-electron chi connectivity index (χ0n) is 18.8. The van der Waals surface area contributed by atoms with Gasteiger partial charge in [-0.2, -0.15) is 13.2 Å². The minimum Gasteiger partial charge on any atom is -0.465 e. The summed E-state index contributed by atoms with van der Waals surface area (Å²) in [4.78, 5) is 29.8. The van der Waals surface area contributed by atoms with Crippen molar-refractivity contribution in [3.8, 4) is 0 Å². The third-order valence-corrected chi connectivity index (χ3v) is 6.07. The SMILES string of the molecule is C[C@H](O)[C@H](c1ccc(C(F)(F)F)cc1)[C@@H](CN(C(=O)OC(C)(C)C)c1ncc(Br)s1)NC(=O)O. The lowest BCUT2D eigenvalue weighted by Crippen LogP contribution is -2.51. The second kappa shape index (κ2) is 10.9. The topological polar surface area (TPSA) is 112 Å². The van der Waals surface area contributed by atoms with E-state index in [1.807, 2.05) is 0 Å². The summed E-state index contributed by atoms with van der Waals surface area (Å²) in [6.07, 6.45) is -6.52. The first-order valence-corrected chi connectivity index (χ1v) is 11.7. The molecule has 2 rings (SSSR count). The molecule has 188 valence electrons. The average Bonchev–Trinajstić information content (AvgIpc) is 3.09. The largest absolute Gasteiger partial charge is 0.465 e. The quantitative estimate of drug-likeness (QED) is 0.409. The van der Waals surface area contributed by atoms with Crippen LogP contribution in [0.2, 0.25) is 0 Å². The molecule has 1 aromatic heterocycles. The van der Waals surface area contributed by atoms with E-state index in [2.05, 4.69) is 26.2 Å². The molecule has 34 heavy (non-hydrogen) atoms. The number of ether oxygens (including phenoxy) is 1. The number of aliphatic hydroxyl groups is 1. The lowest BCUT2D eigenvalue weighted by Gasteiger charge is -2.34. The van der Waals surface area contributed by atoms with Gasteiger partial charge in [-0.05, 0) is 61.3 Å². The van der Waals surface area contributed by atoms with Crippen molar-refractivity contribution in [3.63, 3.8) is 0 Å². The number of hydrogen-bond donors (Lipinski definition) is 3. The van der Waals surface area contributed by atoms with Gasteiger partial charge in [0.1, 0.15) is 5.60 Å². The first kappa shape index (κ1) is 27.9. The Morgan fingerprint density at radius 1 is 1.24 bits per heavy atom. The van der Waals surface area contributed by atoms with Gasteiger partial charge in [0.25, 0.3) is 0 Å². The van der Waals surface area contributed by atoms with Crippen LogP contribution in [0, 0.1) is 0 Å². The zero-order chi connectivity index (χ0) is 25.8. The molecule has 0 aliphatic carbocycles.